The number of hydrogen-bond acceptors (Lipinski definition) is 2. The molecule has 0 aliphatic heterocycles. The van der Waals surface area contributed by atoms with Crippen molar-refractivity contribution in [3.8, 4) is 0 Å². The third-order valence-corrected chi connectivity index (χ3v) is 4.06. The Bertz CT molecular complexity index is 315. The second-order valence-corrected chi connectivity index (χ2v) is 5.30. The van der Waals surface area contributed by atoms with Crippen molar-refractivity contribution in [1.29, 1.82) is 0 Å². The summed E-state index contributed by atoms with van der Waals surface area (Å²) in [6, 6.07) is 6.37. The van der Waals surface area contributed by atoms with Crippen LogP contribution in [0.25, 0.3) is 0 Å². The molecule has 1 aromatic rings. The van der Waals surface area contributed by atoms with Crippen LogP contribution < -0.4 is 5.32 Å². The predicted octanol–water partition coefficient (Wildman–Crippen LogP) is 2.86. The first-order valence-corrected chi connectivity index (χ1v) is 6.49. The summed E-state index contributed by atoms with van der Waals surface area (Å²) in [7, 11) is 4.11. The molecule has 2 nitrogen and oxygen atoms in total. The third kappa shape index (κ3) is 4.64. The summed E-state index contributed by atoms with van der Waals surface area (Å²) in [5.74, 6) is 0. The minimum atomic E-state index is 0.980. The van der Waals surface area contributed by atoms with E-state index in [-0.39, 0.29) is 0 Å². The fourth-order valence-electron chi connectivity index (χ4n) is 1.33. The molecule has 15 heavy (non-hydrogen) atoms. The second-order valence-electron chi connectivity index (χ2n) is 3.59. The van der Waals surface area contributed by atoms with E-state index < -0.39 is 0 Å². The Kier molecular flexibility index (Phi) is 5.82. The topological polar surface area (TPSA) is 15.3 Å². The van der Waals surface area contributed by atoms with Crippen molar-refractivity contribution in [3.63, 3.8) is 0 Å². The highest BCUT2D eigenvalue weighted by Crippen LogP contribution is 2.24. The lowest BCUT2D eigenvalue weighted by molar-refractivity contribution is 0.328. The van der Waals surface area contributed by atoms with Crippen LogP contribution in [0, 0.1) is 0 Å². The van der Waals surface area contributed by atoms with Gasteiger partial charge >= 0.3 is 0 Å². The molecule has 0 saturated carbocycles. The molecule has 0 aliphatic rings. The summed E-state index contributed by atoms with van der Waals surface area (Å²) in [5, 5.41) is 3.15. The smallest absolute Gasteiger partial charge is 0.0320 e. The Hall–Kier alpha value is 0.1000. The monoisotopic (exact) mass is 334 g/mol. The minimum absolute atomic E-state index is 0.980. The molecule has 0 aliphatic carbocycles. The lowest BCUT2D eigenvalue weighted by Crippen LogP contribution is -2.26. The quantitative estimate of drug-likeness (QED) is 0.890. The third-order valence-electron chi connectivity index (χ3n) is 2.18. The Morgan fingerprint density at radius 2 is 2.00 bits per heavy atom. The van der Waals surface area contributed by atoms with Gasteiger partial charge in [-0.1, -0.05) is 6.07 Å². The highest BCUT2D eigenvalue weighted by molar-refractivity contribution is 9.13. The zero-order chi connectivity index (χ0) is 11.3. The first-order chi connectivity index (χ1) is 7.13. The van der Waals surface area contributed by atoms with Crippen molar-refractivity contribution in [2.45, 2.75) is 6.54 Å². The van der Waals surface area contributed by atoms with Gasteiger partial charge in [0.2, 0.25) is 0 Å². The normalized spacial score (nSPS) is 11.0. The van der Waals surface area contributed by atoms with Crippen molar-refractivity contribution in [1.82, 2.24) is 10.2 Å². The summed E-state index contributed by atoms with van der Waals surface area (Å²) < 4.78 is 2.21. The Morgan fingerprint density at radius 1 is 1.27 bits per heavy atom. The summed E-state index contributed by atoms with van der Waals surface area (Å²) in [4.78, 5) is 2.30. The van der Waals surface area contributed by atoms with Crippen LogP contribution in [0.5, 0.6) is 0 Å². The first kappa shape index (κ1) is 13.2. The van der Waals surface area contributed by atoms with E-state index in [1.807, 2.05) is 7.05 Å². The Labute approximate surface area is 108 Å². The fraction of sp³-hybridized carbons (Fsp3) is 0.455. The summed E-state index contributed by atoms with van der Waals surface area (Å²) in [6.07, 6.45) is 0. The Morgan fingerprint density at radius 3 is 2.60 bits per heavy atom. The SMILES string of the molecule is CNCCN(C)Cc1ccc(Br)c(Br)c1. The molecule has 0 heterocycles. The molecule has 0 atom stereocenters. The van der Waals surface area contributed by atoms with E-state index in [0.717, 1.165) is 28.6 Å². The largest absolute Gasteiger partial charge is 0.318 e. The molecule has 0 unspecified atom stereocenters. The molecular weight excluding hydrogens is 320 g/mol. The van der Waals surface area contributed by atoms with Gasteiger partial charge < -0.3 is 10.2 Å². The standard InChI is InChI=1S/C11H16Br2N2/c1-14-5-6-15(2)8-9-3-4-10(12)11(13)7-9/h3-4,7,14H,5-6,8H2,1-2H3. The molecule has 0 saturated heterocycles. The first-order valence-electron chi connectivity index (χ1n) is 4.90. The van der Waals surface area contributed by atoms with Crippen LogP contribution in [0.1, 0.15) is 5.56 Å². The molecule has 1 aromatic carbocycles. The maximum Gasteiger partial charge on any atom is 0.0320 e. The van der Waals surface area contributed by atoms with E-state index in [1.54, 1.807) is 0 Å². The maximum atomic E-state index is 3.51. The molecule has 84 valence electrons. The summed E-state index contributed by atoms with van der Waals surface area (Å²) in [5.41, 5.74) is 1.32. The molecule has 0 fully saturated rings. The van der Waals surface area contributed by atoms with Crippen molar-refractivity contribution in [2.24, 2.45) is 0 Å². The van der Waals surface area contributed by atoms with Gasteiger partial charge in [-0.2, -0.15) is 0 Å². The summed E-state index contributed by atoms with van der Waals surface area (Å²) in [6.45, 7) is 3.06. The number of benzene rings is 1. The van der Waals surface area contributed by atoms with Crippen molar-refractivity contribution in [3.05, 3.63) is 32.7 Å². The maximum absolute atomic E-state index is 3.51. The highest BCUT2D eigenvalue weighted by atomic mass is 79.9. The van der Waals surface area contributed by atoms with Gasteiger partial charge in [-0.25, -0.2) is 0 Å². The van der Waals surface area contributed by atoms with E-state index >= 15 is 0 Å². The predicted molar refractivity (Wildman–Crippen MR) is 72.1 cm³/mol. The van der Waals surface area contributed by atoms with Crippen LogP contribution in [-0.2, 0) is 6.54 Å². The molecule has 0 amide bonds. The number of nitrogens with one attached hydrogen (secondary N) is 1. The molecule has 4 heteroatoms. The van der Waals surface area contributed by atoms with Gasteiger partial charge in [0.25, 0.3) is 0 Å². The van der Waals surface area contributed by atoms with Gasteiger partial charge in [-0.05, 0) is 63.7 Å². The van der Waals surface area contributed by atoms with Crippen molar-refractivity contribution >= 4 is 31.9 Å². The van der Waals surface area contributed by atoms with Crippen LogP contribution in [0.15, 0.2) is 27.1 Å². The van der Waals surface area contributed by atoms with Gasteiger partial charge in [-0.15, -0.1) is 0 Å². The highest BCUT2D eigenvalue weighted by Gasteiger charge is 2.02. The average molecular weight is 336 g/mol. The van der Waals surface area contributed by atoms with Crippen LogP contribution in [0.3, 0.4) is 0 Å². The molecule has 1 rings (SSSR count). The van der Waals surface area contributed by atoms with E-state index in [2.05, 4.69) is 67.3 Å². The number of likely N-dealkylation sites (N-methyl/N-ethyl adjacent to an activating group) is 2. The average Bonchev–Trinajstić information content (AvgIpc) is 2.20. The molecule has 1 N–H and O–H groups in total. The number of nitrogens with zero attached hydrogens (tertiary/aromatic N) is 1. The van der Waals surface area contributed by atoms with Gasteiger partial charge in [0.1, 0.15) is 0 Å². The lowest BCUT2D eigenvalue weighted by atomic mass is 10.2. The van der Waals surface area contributed by atoms with Gasteiger partial charge in [-0.3, -0.25) is 0 Å². The van der Waals surface area contributed by atoms with Crippen LogP contribution >= 0.6 is 31.9 Å². The Balaban J connectivity index is 2.53. The van der Waals surface area contributed by atoms with Crippen LogP contribution in [0.2, 0.25) is 0 Å². The molecule has 0 radical (unpaired) electrons. The zero-order valence-corrected chi connectivity index (χ0v) is 12.2. The van der Waals surface area contributed by atoms with Crippen molar-refractivity contribution in [2.75, 3.05) is 27.2 Å². The zero-order valence-electron chi connectivity index (χ0n) is 9.06. The van der Waals surface area contributed by atoms with E-state index in [9.17, 15) is 0 Å². The molecular formula is C11H16Br2N2. The molecule has 0 spiro atoms. The van der Waals surface area contributed by atoms with Crippen LogP contribution in [-0.4, -0.2) is 32.1 Å². The van der Waals surface area contributed by atoms with Crippen LogP contribution in [0.4, 0.5) is 0 Å². The van der Waals surface area contributed by atoms with E-state index in [4.69, 9.17) is 0 Å². The van der Waals surface area contributed by atoms with Gasteiger partial charge in [0.05, 0.1) is 0 Å². The lowest BCUT2D eigenvalue weighted by Gasteiger charge is -2.16. The molecule has 0 bridgehead atoms. The number of hydrogen-bond donors (Lipinski definition) is 1. The van der Waals surface area contributed by atoms with Gasteiger partial charge in [0.15, 0.2) is 0 Å². The second kappa shape index (κ2) is 6.63. The van der Waals surface area contributed by atoms with E-state index in [0.29, 0.717) is 0 Å². The van der Waals surface area contributed by atoms with Crippen molar-refractivity contribution < 1.29 is 0 Å². The molecule has 0 aromatic heterocycles. The fourth-order valence-corrected chi connectivity index (χ4v) is 2.00. The van der Waals surface area contributed by atoms with Gasteiger partial charge in [0, 0.05) is 28.6 Å². The summed E-state index contributed by atoms with van der Waals surface area (Å²) >= 11 is 6.98. The minimum Gasteiger partial charge on any atom is -0.318 e. The number of halogens is 2. The number of rotatable bonds is 5. The van der Waals surface area contributed by atoms with E-state index in [1.165, 1.54) is 5.56 Å².